The van der Waals surface area contributed by atoms with Crippen molar-refractivity contribution in [2.75, 3.05) is 37.1 Å². The Morgan fingerprint density at radius 3 is 2.62 bits per heavy atom. The molecule has 180 valence electrons. The number of anilines is 1. The van der Waals surface area contributed by atoms with Gasteiger partial charge in [-0.1, -0.05) is 0 Å². The highest BCUT2D eigenvalue weighted by atomic mass is 32.2. The molecule has 0 amide bonds. The lowest BCUT2D eigenvalue weighted by atomic mass is 10.0. The van der Waals surface area contributed by atoms with Crippen molar-refractivity contribution in [3.8, 4) is 22.9 Å². The van der Waals surface area contributed by atoms with Gasteiger partial charge in [0.25, 0.3) is 0 Å². The van der Waals surface area contributed by atoms with Crippen LogP contribution >= 0.6 is 0 Å². The molecule has 3 aromatic heterocycles. The zero-order chi connectivity index (χ0) is 24.5. The summed E-state index contributed by atoms with van der Waals surface area (Å²) in [7, 11) is -2.09. The Morgan fingerprint density at radius 2 is 2.03 bits per heavy atom. The zero-order valence-electron chi connectivity index (χ0n) is 19.9. The average Bonchev–Trinajstić information content (AvgIpc) is 3.19. The van der Waals surface area contributed by atoms with Crippen LogP contribution in [0.1, 0.15) is 32.3 Å². The van der Waals surface area contributed by atoms with Crippen molar-refractivity contribution in [1.29, 1.82) is 5.26 Å². The maximum atomic E-state index is 12.0. The van der Waals surface area contributed by atoms with Crippen LogP contribution in [-0.4, -0.2) is 67.8 Å². The quantitative estimate of drug-likeness (QED) is 0.574. The lowest BCUT2D eigenvalue weighted by Gasteiger charge is -2.31. The first-order valence-electron chi connectivity index (χ1n) is 11.2. The first-order chi connectivity index (χ1) is 16.0. The summed E-state index contributed by atoms with van der Waals surface area (Å²) in [4.78, 5) is 6.89. The number of hydrogen-bond donors (Lipinski definition) is 1. The molecule has 9 nitrogen and oxygen atoms in total. The van der Waals surface area contributed by atoms with Crippen LogP contribution < -0.4 is 9.64 Å². The van der Waals surface area contributed by atoms with Crippen molar-refractivity contribution >= 4 is 21.1 Å². The van der Waals surface area contributed by atoms with E-state index in [1.807, 2.05) is 18.2 Å². The summed E-state index contributed by atoms with van der Waals surface area (Å²) in [6.45, 7) is 5.09. The smallest absolute Gasteiger partial charge is 0.138 e. The Labute approximate surface area is 200 Å². The average molecular weight is 483 g/mol. The Kier molecular flexibility index (Phi) is 6.51. The molecule has 1 N–H and O–H groups in total. The molecule has 4 rings (SSSR count). The van der Waals surface area contributed by atoms with Crippen molar-refractivity contribution in [1.82, 2.24) is 14.6 Å². The minimum absolute atomic E-state index is 0.120. The van der Waals surface area contributed by atoms with Crippen molar-refractivity contribution in [2.24, 2.45) is 4.36 Å². The normalized spacial score (nSPS) is 15.4. The largest absolute Gasteiger partial charge is 0.489 e. The van der Waals surface area contributed by atoms with E-state index in [4.69, 9.17) is 4.74 Å². The predicted molar refractivity (Wildman–Crippen MR) is 133 cm³/mol. The van der Waals surface area contributed by atoms with E-state index in [0.717, 1.165) is 42.9 Å². The number of aliphatic hydroxyl groups is 1. The summed E-state index contributed by atoms with van der Waals surface area (Å²) in [5.74, 6) is 1.41. The molecular formula is C24H30N6O3S. The number of rotatable bonds is 6. The Balaban J connectivity index is 1.60. The third-order valence-electron chi connectivity index (χ3n) is 5.55. The first-order valence-corrected chi connectivity index (χ1v) is 13.5. The minimum Gasteiger partial charge on any atom is -0.489 e. The van der Waals surface area contributed by atoms with E-state index in [-0.39, 0.29) is 12.6 Å². The second kappa shape index (κ2) is 9.24. The third kappa shape index (κ3) is 5.66. The number of piperidine rings is 1. The number of ether oxygens (including phenoxy) is 1. The molecule has 10 heteroatoms. The van der Waals surface area contributed by atoms with E-state index >= 15 is 0 Å². The van der Waals surface area contributed by atoms with Crippen molar-refractivity contribution in [3.63, 3.8) is 0 Å². The fourth-order valence-electron chi connectivity index (χ4n) is 4.03. The van der Waals surface area contributed by atoms with Crippen LogP contribution in [0, 0.1) is 11.3 Å². The number of pyridine rings is 2. The van der Waals surface area contributed by atoms with E-state index in [0.29, 0.717) is 16.8 Å². The van der Waals surface area contributed by atoms with Gasteiger partial charge in [0.05, 0.1) is 35.1 Å². The van der Waals surface area contributed by atoms with Gasteiger partial charge in [0.2, 0.25) is 0 Å². The van der Waals surface area contributed by atoms with Gasteiger partial charge < -0.3 is 14.7 Å². The van der Waals surface area contributed by atoms with Crippen LogP contribution in [0.15, 0.2) is 41.2 Å². The maximum absolute atomic E-state index is 12.0. The van der Waals surface area contributed by atoms with E-state index in [9.17, 15) is 14.6 Å². The maximum Gasteiger partial charge on any atom is 0.138 e. The fourth-order valence-corrected chi connectivity index (χ4v) is 4.96. The van der Waals surface area contributed by atoms with E-state index in [2.05, 4.69) is 25.4 Å². The van der Waals surface area contributed by atoms with Crippen LogP contribution in [0.2, 0.25) is 0 Å². The molecule has 0 aromatic carbocycles. The second-order valence-electron chi connectivity index (χ2n) is 9.56. The number of aromatic nitrogens is 3. The van der Waals surface area contributed by atoms with Gasteiger partial charge in [-0.3, -0.25) is 4.21 Å². The molecule has 3 aromatic rings. The van der Waals surface area contributed by atoms with Crippen LogP contribution in [0.25, 0.3) is 16.6 Å². The monoisotopic (exact) mass is 482 g/mol. The number of fused-ring (bicyclic) bond motifs is 1. The van der Waals surface area contributed by atoms with Crippen molar-refractivity contribution < 1.29 is 14.1 Å². The molecule has 1 aliphatic heterocycles. The summed E-state index contributed by atoms with van der Waals surface area (Å²) in [6.07, 6.45) is 10.1. The lowest BCUT2D eigenvalue weighted by molar-refractivity contribution is 0.0283. The SMILES string of the molecule is CC(C)(O)COc1cc(-c2ccc(N3CCC(N=S(C)(C)=O)CC3)nc2)c2c(C#N)cnn2c1. The van der Waals surface area contributed by atoms with Crippen molar-refractivity contribution in [3.05, 3.63) is 42.4 Å². The van der Waals surface area contributed by atoms with Gasteiger partial charge >= 0.3 is 0 Å². The molecule has 4 heterocycles. The van der Waals surface area contributed by atoms with Crippen molar-refractivity contribution in [2.45, 2.75) is 38.3 Å². The summed E-state index contributed by atoms with van der Waals surface area (Å²) in [5, 5.41) is 23.9. The van der Waals surface area contributed by atoms with E-state index in [1.54, 1.807) is 43.3 Å². The summed E-state index contributed by atoms with van der Waals surface area (Å²) >= 11 is 0. The summed E-state index contributed by atoms with van der Waals surface area (Å²) in [6, 6.07) is 8.12. The number of nitriles is 1. The molecular weight excluding hydrogens is 452 g/mol. The third-order valence-corrected chi connectivity index (χ3v) is 6.36. The molecule has 1 aliphatic rings. The topological polar surface area (TPSA) is 116 Å². The van der Waals surface area contributed by atoms with Gasteiger partial charge in [0, 0.05) is 52.7 Å². The molecule has 0 spiro atoms. The number of nitrogens with zero attached hydrogens (tertiary/aromatic N) is 6. The van der Waals surface area contributed by atoms with Gasteiger partial charge in [-0.25, -0.2) is 13.9 Å². The minimum atomic E-state index is -2.09. The first kappa shape index (κ1) is 24.0. The van der Waals surface area contributed by atoms with Gasteiger partial charge in [0.1, 0.15) is 24.2 Å². The highest BCUT2D eigenvalue weighted by Crippen LogP contribution is 2.32. The molecule has 34 heavy (non-hydrogen) atoms. The van der Waals surface area contributed by atoms with Crippen LogP contribution in [-0.2, 0) is 9.73 Å². The standard InChI is InChI=1S/C24H30N6O3S/c1-24(2,31)16-33-20-11-21(23-18(12-25)14-27-30(23)15-20)17-5-6-22(26-13-17)29-9-7-19(8-10-29)28-34(3,4)32/h5-6,11,13-15,19,31H,7-10,16H2,1-4H3. The molecule has 0 unspecified atom stereocenters. The zero-order valence-corrected chi connectivity index (χ0v) is 20.7. The lowest BCUT2D eigenvalue weighted by Crippen LogP contribution is -2.36. The molecule has 1 saturated heterocycles. The van der Waals surface area contributed by atoms with Gasteiger partial charge in [-0.15, -0.1) is 0 Å². The van der Waals surface area contributed by atoms with Gasteiger partial charge in [-0.05, 0) is 44.9 Å². The summed E-state index contributed by atoms with van der Waals surface area (Å²) in [5.41, 5.74) is 1.77. The van der Waals surface area contributed by atoms with Gasteiger partial charge in [0.15, 0.2) is 0 Å². The molecule has 1 fully saturated rings. The van der Waals surface area contributed by atoms with Crippen LogP contribution in [0.5, 0.6) is 5.75 Å². The van der Waals surface area contributed by atoms with Crippen LogP contribution in [0.4, 0.5) is 5.82 Å². The van der Waals surface area contributed by atoms with E-state index in [1.165, 1.54) is 6.20 Å². The van der Waals surface area contributed by atoms with Gasteiger partial charge in [-0.2, -0.15) is 10.4 Å². The Bertz CT molecular complexity index is 1330. The molecule has 0 aliphatic carbocycles. The highest BCUT2D eigenvalue weighted by Gasteiger charge is 2.21. The molecule has 0 bridgehead atoms. The van der Waals surface area contributed by atoms with E-state index < -0.39 is 15.3 Å². The second-order valence-corrected chi connectivity index (χ2v) is 12.1. The Morgan fingerprint density at radius 1 is 1.29 bits per heavy atom. The van der Waals surface area contributed by atoms with Crippen LogP contribution in [0.3, 0.4) is 0 Å². The highest BCUT2D eigenvalue weighted by molar-refractivity contribution is 7.92. The summed E-state index contributed by atoms with van der Waals surface area (Å²) < 4.78 is 23.8. The fraction of sp³-hybridized carbons (Fsp3) is 0.458. The molecule has 0 atom stereocenters. The Hall–Kier alpha value is -3.16. The molecule has 0 radical (unpaired) electrons. The predicted octanol–water partition coefficient (Wildman–Crippen LogP) is 3.11. The number of hydrogen-bond acceptors (Lipinski definition) is 8. The molecule has 0 saturated carbocycles.